The summed E-state index contributed by atoms with van der Waals surface area (Å²) in [5.74, 6) is -0.406. The first-order valence-corrected chi connectivity index (χ1v) is 3.19. The molecule has 1 aromatic carbocycles. The Labute approximate surface area is 64.6 Å². The Morgan fingerprint density at radius 1 is 1.36 bits per heavy atom. The summed E-state index contributed by atoms with van der Waals surface area (Å²) in [5, 5.41) is 9.13. The van der Waals surface area contributed by atoms with Gasteiger partial charge in [-0.2, -0.15) is 0 Å². The minimum atomic E-state index is -0.406. The van der Waals surface area contributed by atoms with Crippen molar-refractivity contribution in [2.45, 2.75) is 0 Å². The van der Waals surface area contributed by atoms with Gasteiger partial charge >= 0.3 is 0 Å². The molecule has 0 unspecified atom stereocenters. The zero-order chi connectivity index (χ0) is 8.10. The molecule has 0 spiro atoms. The van der Waals surface area contributed by atoms with Crippen LogP contribution in [0, 0.1) is 5.41 Å². The van der Waals surface area contributed by atoms with Gasteiger partial charge in [0.1, 0.15) is 0 Å². The third-order valence-electron chi connectivity index (χ3n) is 1.17. The summed E-state index contributed by atoms with van der Waals surface area (Å²) in [5.41, 5.74) is 0.709. The van der Waals surface area contributed by atoms with E-state index in [0.29, 0.717) is 5.69 Å². The molecule has 56 valence electrons. The minimum Gasteiger partial charge on any atom is -0.321 e. The smallest absolute Gasteiger partial charge is 0.266 e. The first-order chi connectivity index (χ1) is 5.33. The van der Waals surface area contributed by atoms with Crippen LogP contribution in [-0.2, 0) is 4.79 Å². The molecule has 0 heterocycles. The third kappa shape index (κ3) is 2.21. The molecule has 1 rings (SSSR count). The Morgan fingerprint density at radius 3 is 2.55 bits per heavy atom. The maximum Gasteiger partial charge on any atom is 0.266 e. The van der Waals surface area contributed by atoms with Crippen molar-refractivity contribution < 1.29 is 4.79 Å². The van der Waals surface area contributed by atoms with Gasteiger partial charge in [-0.1, -0.05) is 18.2 Å². The van der Waals surface area contributed by atoms with Crippen molar-refractivity contribution in [3.63, 3.8) is 0 Å². The third-order valence-corrected chi connectivity index (χ3v) is 1.17. The SMILES string of the molecule is N=CC(=O)Nc1ccccc1. The molecule has 3 heteroatoms. The molecule has 0 aliphatic carbocycles. The molecule has 0 atom stereocenters. The maximum atomic E-state index is 10.6. The summed E-state index contributed by atoms with van der Waals surface area (Å²) in [6, 6.07) is 9.03. The molecule has 0 saturated carbocycles. The van der Waals surface area contributed by atoms with Crippen LogP contribution in [0.3, 0.4) is 0 Å². The Balaban J connectivity index is 2.65. The number of amides is 1. The lowest BCUT2D eigenvalue weighted by atomic mass is 10.3. The Morgan fingerprint density at radius 2 is 2.00 bits per heavy atom. The number of hydrogen-bond acceptors (Lipinski definition) is 2. The van der Waals surface area contributed by atoms with Crippen LogP contribution < -0.4 is 5.32 Å². The molecule has 11 heavy (non-hydrogen) atoms. The summed E-state index contributed by atoms with van der Waals surface area (Å²) >= 11 is 0. The minimum absolute atomic E-state index is 0.406. The Bertz CT molecular complexity index is 256. The molecule has 0 fully saturated rings. The average molecular weight is 148 g/mol. The number of hydrogen-bond donors (Lipinski definition) is 2. The van der Waals surface area contributed by atoms with Gasteiger partial charge in [-0.15, -0.1) is 0 Å². The van der Waals surface area contributed by atoms with Crippen LogP contribution in [0.4, 0.5) is 5.69 Å². The van der Waals surface area contributed by atoms with E-state index in [1.165, 1.54) is 0 Å². The molecule has 0 aromatic heterocycles. The number of benzene rings is 1. The largest absolute Gasteiger partial charge is 0.321 e. The van der Waals surface area contributed by atoms with Crippen molar-refractivity contribution >= 4 is 17.8 Å². The zero-order valence-corrected chi connectivity index (χ0v) is 5.87. The number of carbonyl (C=O) groups is 1. The van der Waals surface area contributed by atoms with Crippen LogP contribution in [0.15, 0.2) is 30.3 Å². The van der Waals surface area contributed by atoms with Gasteiger partial charge in [0.05, 0.1) is 6.21 Å². The van der Waals surface area contributed by atoms with E-state index in [1.807, 2.05) is 18.2 Å². The first kappa shape index (κ1) is 7.47. The van der Waals surface area contributed by atoms with Crippen molar-refractivity contribution in [2.24, 2.45) is 0 Å². The quantitative estimate of drug-likeness (QED) is 0.610. The van der Waals surface area contributed by atoms with E-state index < -0.39 is 5.91 Å². The number of anilines is 1. The van der Waals surface area contributed by atoms with Gasteiger partial charge in [0, 0.05) is 5.69 Å². The molecule has 0 bridgehead atoms. The van der Waals surface area contributed by atoms with Gasteiger partial charge in [-0.25, -0.2) is 0 Å². The fourth-order valence-electron chi connectivity index (χ4n) is 0.700. The lowest BCUT2D eigenvalue weighted by molar-refractivity contribution is -0.110. The average Bonchev–Trinajstić information content (AvgIpc) is 2.06. The highest BCUT2D eigenvalue weighted by Gasteiger charge is 1.93. The van der Waals surface area contributed by atoms with Crippen LogP contribution >= 0.6 is 0 Å². The molecular formula is C8H8N2O. The van der Waals surface area contributed by atoms with Crippen molar-refractivity contribution in [2.75, 3.05) is 5.32 Å². The van der Waals surface area contributed by atoms with Crippen LogP contribution in [-0.4, -0.2) is 12.1 Å². The fourth-order valence-corrected chi connectivity index (χ4v) is 0.700. The lowest BCUT2D eigenvalue weighted by Crippen LogP contribution is -2.11. The molecular weight excluding hydrogens is 140 g/mol. The van der Waals surface area contributed by atoms with Gasteiger partial charge in [0.25, 0.3) is 5.91 Å². The molecule has 1 aromatic rings. The molecule has 3 nitrogen and oxygen atoms in total. The highest BCUT2D eigenvalue weighted by atomic mass is 16.1. The van der Waals surface area contributed by atoms with Crippen molar-refractivity contribution in [1.82, 2.24) is 0 Å². The van der Waals surface area contributed by atoms with Gasteiger partial charge in [-0.05, 0) is 12.1 Å². The van der Waals surface area contributed by atoms with Gasteiger partial charge < -0.3 is 10.7 Å². The second kappa shape index (κ2) is 3.51. The molecule has 1 amide bonds. The zero-order valence-electron chi connectivity index (χ0n) is 5.87. The predicted octanol–water partition coefficient (Wildman–Crippen LogP) is 1.27. The van der Waals surface area contributed by atoms with E-state index >= 15 is 0 Å². The summed E-state index contributed by atoms with van der Waals surface area (Å²) < 4.78 is 0. The van der Waals surface area contributed by atoms with Crippen LogP contribution in [0.5, 0.6) is 0 Å². The summed E-state index contributed by atoms with van der Waals surface area (Å²) in [7, 11) is 0. The highest BCUT2D eigenvalue weighted by molar-refractivity contribution is 6.30. The maximum absolute atomic E-state index is 10.6. The number of para-hydroxylation sites is 1. The predicted molar refractivity (Wildman–Crippen MR) is 43.9 cm³/mol. The van der Waals surface area contributed by atoms with E-state index in [2.05, 4.69) is 5.32 Å². The van der Waals surface area contributed by atoms with Crippen LogP contribution in [0.2, 0.25) is 0 Å². The van der Waals surface area contributed by atoms with Crippen LogP contribution in [0.1, 0.15) is 0 Å². The molecule has 0 aliphatic heterocycles. The molecule has 0 aliphatic rings. The number of nitrogens with one attached hydrogen (secondary N) is 2. The second-order valence-electron chi connectivity index (χ2n) is 2.00. The molecule has 2 N–H and O–H groups in total. The monoisotopic (exact) mass is 148 g/mol. The summed E-state index contributed by atoms with van der Waals surface area (Å²) in [6.07, 6.45) is 0.743. The van der Waals surface area contributed by atoms with E-state index in [4.69, 9.17) is 5.41 Å². The normalized spacial score (nSPS) is 8.73. The van der Waals surface area contributed by atoms with Crippen molar-refractivity contribution in [3.8, 4) is 0 Å². The Kier molecular flexibility index (Phi) is 2.38. The summed E-state index contributed by atoms with van der Waals surface area (Å²) in [4.78, 5) is 10.6. The standard InChI is InChI=1S/C8H8N2O/c9-6-8(11)10-7-4-2-1-3-5-7/h1-6,9H,(H,10,11). The molecule has 0 saturated heterocycles. The lowest BCUT2D eigenvalue weighted by Gasteiger charge is -1.98. The summed E-state index contributed by atoms with van der Waals surface area (Å²) in [6.45, 7) is 0. The van der Waals surface area contributed by atoms with Gasteiger partial charge in [0.15, 0.2) is 0 Å². The van der Waals surface area contributed by atoms with E-state index in [1.54, 1.807) is 12.1 Å². The van der Waals surface area contributed by atoms with Gasteiger partial charge in [-0.3, -0.25) is 4.79 Å². The van der Waals surface area contributed by atoms with Crippen molar-refractivity contribution in [3.05, 3.63) is 30.3 Å². The second-order valence-corrected chi connectivity index (χ2v) is 2.00. The van der Waals surface area contributed by atoms with Crippen molar-refractivity contribution in [1.29, 1.82) is 5.41 Å². The van der Waals surface area contributed by atoms with E-state index in [-0.39, 0.29) is 0 Å². The van der Waals surface area contributed by atoms with Crippen LogP contribution in [0.25, 0.3) is 0 Å². The fraction of sp³-hybridized carbons (Fsp3) is 0. The first-order valence-electron chi connectivity index (χ1n) is 3.19. The topological polar surface area (TPSA) is 53.0 Å². The van der Waals surface area contributed by atoms with E-state index in [0.717, 1.165) is 6.21 Å². The van der Waals surface area contributed by atoms with Gasteiger partial charge in [0.2, 0.25) is 0 Å². The molecule has 0 radical (unpaired) electrons. The Hall–Kier alpha value is -1.64. The number of rotatable bonds is 2. The van der Waals surface area contributed by atoms with E-state index in [9.17, 15) is 4.79 Å². The number of carbonyl (C=O) groups excluding carboxylic acids is 1. The highest BCUT2D eigenvalue weighted by Crippen LogP contribution is 2.03.